The minimum Gasteiger partial charge on any atom is -0.444 e. The van der Waals surface area contributed by atoms with Crippen molar-refractivity contribution in [1.82, 2.24) is 15.5 Å². The Morgan fingerprint density at radius 3 is 2.03 bits per heavy atom. The molecule has 3 aliphatic rings. The van der Waals surface area contributed by atoms with Gasteiger partial charge in [-0.2, -0.15) is 0 Å². The van der Waals surface area contributed by atoms with Crippen molar-refractivity contribution in [2.45, 2.75) is 91.5 Å². The van der Waals surface area contributed by atoms with Crippen LogP contribution in [0.2, 0.25) is 0 Å². The van der Waals surface area contributed by atoms with Gasteiger partial charge in [-0.3, -0.25) is 19.2 Å². The first-order chi connectivity index (χ1) is 15.3. The van der Waals surface area contributed by atoms with E-state index in [1.807, 2.05) is 34.6 Å². The summed E-state index contributed by atoms with van der Waals surface area (Å²) in [5.74, 6) is -2.72. The van der Waals surface area contributed by atoms with E-state index < -0.39 is 52.3 Å². The number of carbonyl (C=O) groups excluding carboxylic acids is 5. The van der Waals surface area contributed by atoms with Crippen molar-refractivity contribution in [2.75, 3.05) is 6.54 Å². The quantitative estimate of drug-likeness (QED) is 0.487. The Morgan fingerprint density at radius 1 is 1.03 bits per heavy atom. The average Bonchev–Trinajstić information content (AvgIpc) is 3.46. The molecule has 0 spiro atoms. The van der Waals surface area contributed by atoms with E-state index in [4.69, 9.17) is 10.5 Å². The number of nitrogens with zero attached hydrogens (tertiary/aromatic N) is 1. The summed E-state index contributed by atoms with van der Waals surface area (Å²) in [4.78, 5) is 64.9. The number of primary amides is 1. The highest BCUT2D eigenvalue weighted by Gasteiger charge is 2.70. The highest BCUT2D eigenvalue weighted by molar-refractivity contribution is 6.40. The van der Waals surface area contributed by atoms with Crippen molar-refractivity contribution >= 4 is 29.6 Å². The Kier molecular flexibility index (Phi) is 6.07. The third-order valence-corrected chi connectivity index (χ3v) is 7.31. The second kappa shape index (κ2) is 7.95. The molecule has 4 amide bonds. The molecule has 1 aliphatic heterocycles. The monoisotopic (exact) mass is 478 g/mol. The van der Waals surface area contributed by atoms with Crippen LogP contribution in [0.3, 0.4) is 0 Å². The predicted octanol–water partition coefficient (Wildman–Crippen LogP) is 1.11. The largest absolute Gasteiger partial charge is 0.444 e. The maximum atomic E-state index is 13.7. The van der Waals surface area contributed by atoms with Crippen LogP contribution in [0.15, 0.2) is 0 Å². The van der Waals surface area contributed by atoms with E-state index in [1.165, 1.54) is 4.90 Å². The van der Waals surface area contributed by atoms with Crippen molar-refractivity contribution in [2.24, 2.45) is 28.4 Å². The summed E-state index contributed by atoms with van der Waals surface area (Å²) >= 11 is 0. The molecule has 4 atom stereocenters. The number of amides is 4. The molecular formula is C24H38N4O6. The molecule has 4 N–H and O–H groups in total. The smallest absolute Gasteiger partial charge is 0.408 e. The van der Waals surface area contributed by atoms with Crippen molar-refractivity contribution in [3.63, 3.8) is 0 Å². The number of alkyl carbamates (subject to hydrolysis) is 1. The summed E-state index contributed by atoms with van der Waals surface area (Å²) in [5, 5.41) is 5.42. The second-order valence-electron chi connectivity index (χ2n) is 12.6. The molecule has 0 bridgehead atoms. The van der Waals surface area contributed by atoms with E-state index in [9.17, 15) is 24.0 Å². The molecule has 3 fully saturated rings. The van der Waals surface area contributed by atoms with Gasteiger partial charge in [0.2, 0.25) is 17.6 Å². The first kappa shape index (κ1) is 26.0. The molecule has 3 rings (SSSR count). The fourth-order valence-electron chi connectivity index (χ4n) is 5.13. The minimum absolute atomic E-state index is 0.0851. The lowest BCUT2D eigenvalue weighted by Gasteiger charge is -2.38. The zero-order valence-electron chi connectivity index (χ0n) is 21.4. The number of ketones is 1. The number of nitrogens with one attached hydrogen (secondary N) is 2. The Morgan fingerprint density at radius 2 is 1.59 bits per heavy atom. The van der Waals surface area contributed by atoms with Gasteiger partial charge in [0.15, 0.2) is 0 Å². The number of hydrogen-bond acceptors (Lipinski definition) is 6. The normalized spacial score (nSPS) is 27.2. The summed E-state index contributed by atoms with van der Waals surface area (Å²) in [5.41, 5.74) is 2.37. The van der Waals surface area contributed by atoms with Gasteiger partial charge in [0.25, 0.3) is 5.91 Å². The molecule has 10 heteroatoms. The van der Waals surface area contributed by atoms with Gasteiger partial charge in [-0.15, -0.1) is 0 Å². The Labute approximate surface area is 200 Å². The van der Waals surface area contributed by atoms with E-state index >= 15 is 0 Å². The van der Waals surface area contributed by atoms with Gasteiger partial charge in [-0.1, -0.05) is 34.6 Å². The molecule has 0 aromatic carbocycles. The van der Waals surface area contributed by atoms with E-state index in [2.05, 4.69) is 10.6 Å². The first-order valence-corrected chi connectivity index (χ1v) is 11.8. The van der Waals surface area contributed by atoms with Gasteiger partial charge < -0.3 is 26.0 Å². The Bertz CT molecular complexity index is 925. The molecule has 0 aromatic heterocycles. The molecule has 0 radical (unpaired) electrons. The van der Waals surface area contributed by atoms with Gasteiger partial charge in [-0.05, 0) is 56.3 Å². The van der Waals surface area contributed by atoms with Gasteiger partial charge >= 0.3 is 6.09 Å². The summed E-state index contributed by atoms with van der Waals surface area (Å²) in [6.45, 7) is 15.1. The number of piperidine rings is 1. The highest BCUT2D eigenvalue weighted by Crippen LogP contribution is 2.65. The minimum atomic E-state index is -1.27. The van der Waals surface area contributed by atoms with Gasteiger partial charge in [0.05, 0.1) is 0 Å². The van der Waals surface area contributed by atoms with Crippen LogP contribution in [-0.2, 0) is 23.9 Å². The highest BCUT2D eigenvalue weighted by atomic mass is 16.6. The SMILES string of the molecule is CC(C)(C)OC(=O)N[C@H](C(=O)N1C[C@H]2[C@@H]([C@H]1C(=O)NC1(C(=O)C(N)=O)CC1)C2(C)C)C(C)(C)C. The molecule has 1 saturated heterocycles. The van der Waals surface area contributed by atoms with Crippen LogP contribution in [0, 0.1) is 22.7 Å². The van der Waals surface area contributed by atoms with Crippen LogP contribution in [-0.4, -0.2) is 64.3 Å². The molecule has 2 saturated carbocycles. The van der Waals surface area contributed by atoms with E-state index in [0.29, 0.717) is 19.4 Å². The van der Waals surface area contributed by atoms with E-state index in [1.54, 1.807) is 20.8 Å². The molecule has 190 valence electrons. The molecule has 2 aliphatic carbocycles. The molecule has 34 heavy (non-hydrogen) atoms. The van der Waals surface area contributed by atoms with Crippen LogP contribution in [0.25, 0.3) is 0 Å². The van der Waals surface area contributed by atoms with Crippen LogP contribution in [0.4, 0.5) is 4.79 Å². The third-order valence-electron chi connectivity index (χ3n) is 7.31. The second-order valence-corrected chi connectivity index (χ2v) is 12.6. The zero-order chi connectivity index (χ0) is 26.0. The number of rotatable bonds is 6. The number of nitrogens with two attached hydrogens (primary N) is 1. The number of ether oxygens (including phenoxy) is 1. The van der Waals surface area contributed by atoms with Crippen LogP contribution >= 0.6 is 0 Å². The molecular weight excluding hydrogens is 440 g/mol. The molecule has 10 nitrogen and oxygen atoms in total. The van der Waals surface area contributed by atoms with E-state index in [-0.39, 0.29) is 23.2 Å². The predicted molar refractivity (Wildman–Crippen MR) is 123 cm³/mol. The number of fused-ring (bicyclic) bond motifs is 1. The van der Waals surface area contributed by atoms with Crippen molar-refractivity contribution in [1.29, 1.82) is 0 Å². The summed E-state index contributed by atoms with van der Waals surface area (Å²) in [6, 6.07) is -1.74. The molecule has 0 aromatic rings. The van der Waals surface area contributed by atoms with Crippen LogP contribution < -0.4 is 16.4 Å². The lowest BCUT2D eigenvalue weighted by atomic mass is 9.85. The van der Waals surface area contributed by atoms with Crippen molar-refractivity contribution < 1.29 is 28.7 Å². The average molecular weight is 479 g/mol. The maximum absolute atomic E-state index is 13.7. The molecule has 0 unspecified atom stereocenters. The summed E-state index contributed by atoms with van der Waals surface area (Å²) in [6.07, 6.45) is -0.0390. The van der Waals surface area contributed by atoms with Gasteiger partial charge in [0, 0.05) is 6.54 Å². The van der Waals surface area contributed by atoms with Crippen LogP contribution in [0.1, 0.15) is 68.2 Å². The first-order valence-electron chi connectivity index (χ1n) is 11.8. The number of Topliss-reactive ketones (excluding diaryl/α,β-unsaturated/α-hetero) is 1. The Balaban J connectivity index is 1.84. The summed E-state index contributed by atoms with van der Waals surface area (Å²) in [7, 11) is 0. The lowest BCUT2D eigenvalue weighted by Crippen LogP contribution is -2.61. The fraction of sp³-hybridized carbons (Fsp3) is 0.792. The fourth-order valence-corrected chi connectivity index (χ4v) is 5.13. The topological polar surface area (TPSA) is 148 Å². The Hall–Kier alpha value is -2.65. The number of carbonyl (C=O) groups is 5. The maximum Gasteiger partial charge on any atom is 0.408 e. The third kappa shape index (κ3) is 4.77. The van der Waals surface area contributed by atoms with Crippen LogP contribution in [0.5, 0.6) is 0 Å². The number of hydrogen-bond donors (Lipinski definition) is 3. The van der Waals surface area contributed by atoms with Crippen molar-refractivity contribution in [3.8, 4) is 0 Å². The van der Waals surface area contributed by atoms with Crippen molar-refractivity contribution in [3.05, 3.63) is 0 Å². The summed E-state index contributed by atoms with van der Waals surface area (Å²) < 4.78 is 5.36. The zero-order valence-corrected chi connectivity index (χ0v) is 21.4. The van der Waals surface area contributed by atoms with E-state index in [0.717, 1.165) is 0 Å². The molecule has 1 heterocycles. The standard InChI is InChI=1S/C24H38N4O6/c1-21(2,3)15(26-20(33)34-22(4,5)6)19(32)28-11-12-13(23(12,7)8)14(28)18(31)27-24(9-10-24)16(29)17(25)30/h12-15H,9-11H2,1-8H3,(H2,25,30)(H,26,33)(H,27,31)/t12-,13-,14-,15+/m0/s1. The van der Waals surface area contributed by atoms with Gasteiger partial charge in [0.1, 0.15) is 23.2 Å². The lowest BCUT2D eigenvalue weighted by molar-refractivity contribution is -0.145. The van der Waals surface area contributed by atoms with Gasteiger partial charge in [-0.25, -0.2) is 4.79 Å². The number of likely N-dealkylation sites (tertiary alicyclic amines) is 1.